The Labute approximate surface area is 145 Å². The summed E-state index contributed by atoms with van der Waals surface area (Å²) < 4.78 is 2.01. The van der Waals surface area contributed by atoms with Gasteiger partial charge in [0.2, 0.25) is 0 Å². The molecule has 6 nitrogen and oxygen atoms in total. The molecule has 0 fully saturated rings. The van der Waals surface area contributed by atoms with Crippen molar-refractivity contribution in [2.75, 3.05) is 0 Å². The van der Waals surface area contributed by atoms with Crippen molar-refractivity contribution in [3.05, 3.63) is 93.8 Å². The highest BCUT2D eigenvalue weighted by atomic mass is 16.6. The molecule has 3 aromatic rings. The van der Waals surface area contributed by atoms with Crippen molar-refractivity contribution in [1.82, 2.24) is 4.57 Å². The number of aromatic nitrogens is 1. The maximum atomic E-state index is 10.8. The molecule has 0 aliphatic carbocycles. The highest BCUT2D eigenvalue weighted by Gasteiger charge is 2.05. The van der Waals surface area contributed by atoms with Crippen LogP contribution < -0.4 is 0 Å². The minimum Gasteiger partial charge on any atom is -0.391 e. The molecule has 6 heteroatoms. The molecule has 0 aliphatic heterocycles. The number of hydrogen-bond acceptors (Lipinski definition) is 4. The van der Waals surface area contributed by atoms with Gasteiger partial charge in [-0.2, -0.15) is 0 Å². The lowest BCUT2D eigenvalue weighted by atomic mass is 10.2. The summed E-state index contributed by atoms with van der Waals surface area (Å²) in [5.74, 6) is 0. The first kappa shape index (κ1) is 16.4. The van der Waals surface area contributed by atoms with E-state index < -0.39 is 4.92 Å². The summed E-state index contributed by atoms with van der Waals surface area (Å²) in [6, 6.07) is 18.3. The molecule has 1 aromatic heterocycles. The number of aryl methyl sites for hydroxylation is 1. The molecule has 0 radical (unpaired) electrons. The molecule has 0 saturated carbocycles. The summed E-state index contributed by atoms with van der Waals surface area (Å²) in [6.45, 7) is 2.21. The maximum Gasteiger partial charge on any atom is 0.269 e. The summed E-state index contributed by atoms with van der Waals surface area (Å²) in [5.41, 5.74) is 3.84. The number of hydrogen-bond donors (Lipinski definition) is 0. The molecule has 25 heavy (non-hydrogen) atoms. The summed E-state index contributed by atoms with van der Waals surface area (Å²) in [4.78, 5) is 15.6. The molecule has 0 spiro atoms. The van der Waals surface area contributed by atoms with E-state index in [1.807, 2.05) is 48.0 Å². The van der Waals surface area contributed by atoms with Gasteiger partial charge in [-0.25, -0.2) is 0 Å². The Bertz CT molecular complexity index is 916. The molecule has 0 atom stereocenters. The van der Waals surface area contributed by atoms with Crippen molar-refractivity contribution < 1.29 is 9.76 Å². The van der Waals surface area contributed by atoms with Crippen LogP contribution in [0.1, 0.15) is 16.8 Å². The smallest absolute Gasteiger partial charge is 0.269 e. The number of benzene rings is 2. The van der Waals surface area contributed by atoms with Crippen LogP contribution in [0.4, 0.5) is 5.69 Å². The summed E-state index contributed by atoms with van der Waals surface area (Å²) in [5, 5.41) is 14.7. The van der Waals surface area contributed by atoms with Crippen molar-refractivity contribution in [2.24, 2.45) is 5.16 Å². The topological polar surface area (TPSA) is 69.7 Å². The number of non-ortho nitro benzene ring substituents is 1. The predicted octanol–water partition coefficient (Wildman–Crippen LogP) is 4.24. The Morgan fingerprint density at radius 3 is 2.80 bits per heavy atom. The third kappa shape index (κ3) is 4.11. The van der Waals surface area contributed by atoms with Gasteiger partial charge in [-0.05, 0) is 42.3 Å². The number of nitro benzene ring substituents is 1. The van der Waals surface area contributed by atoms with E-state index in [-0.39, 0.29) is 12.3 Å². The zero-order valence-electron chi connectivity index (χ0n) is 13.7. The number of nitro groups is 1. The second-order valence-corrected chi connectivity index (χ2v) is 5.58. The van der Waals surface area contributed by atoms with Crippen LogP contribution in [0, 0.1) is 17.0 Å². The zero-order valence-corrected chi connectivity index (χ0v) is 13.7. The van der Waals surface area contributed by atoms with Crippen LogP contribution in [0.15, 0.2) is 72.0 Å². The maximum absolute atomic E-state index is 10.8. The van der Waals surface area contributed by atoms with Gasteiger partial charge in [0, 0.05) is 24.0 Å². The average Bonchev–Trinajstić information content (AvgIpc) is 3.07. The third-order valence-corrected chi connectivity index (χ3v) is 3.67. The first-order valence-corrected chi connectivity index (χ1v) is 7.76. The van der Waals surface area contributed by atoms with E-state index in [0.717, 1.165) is 11.4 Å². The van der Waals surface area contributed by atoms with Crippen molar-refractivity contribution in [3.8, 4) is 5.69 Å². The van der Waals surface area contributed by atoms with E-state index in [1.165, 1.54) is 17.7 Å². The van der Waals surface area contributed by atoms with Gasteiger partial charge < -0.3 is 9.40 Å². The first-order chi connectivity index (χ1) is 12.1. The summed E-state index contributed by atoms with van der Waals surface area (Å²) in [6.07, 6.45) is 3.58. The normalized spacial score (nSPS) is 10.9. The highest BCUT2D eigenvalue weighted by molar-refractivity contribution is 5.78. The third-order valence-electron chi connectivity index (χ3n) is 3.67. The Balaban J connectivity index is 1.67. The van der Waals surface area contributed by atoms with E-state index in [0.29, 0.717) is 5.56 Å². The molecule has 1 heterocycles. The van der Waals surface area contributed by atoms with Gasteiger partial charge in [-0.3, -0.25) is 10.1 Å². The summed E-state index contributed by atoms with van der Waals surface area (Å²) in [7, 11) is 0. The SMILES string of the molecule is Cc1cccc(-n2cccc2/C=N\OCc2cccc([N+](=O)[O-])c2)c1. The minimum absolute atomic E-state index is 0.0402. The van der Waals surface area contributed by atoms with Crippen LogP contribution in [0.25, 0.3) is 5.69 Å². The van der Waals surface area contributed by atoms with Crippen LogP contribution in [-0.4, -0.2) is 15.7 Å². The molecule has 0 saturated heterocycles. The fraction of sp³-hybridized carbons (Fsp3) is 0.105. The van der Waals surface area contributed by atoms with Gasteiger partial charge >= 0.3 is 0 Å². The lowest BCUT2D eigenvalue weighted by molar-refractivity contribution is -0.384. The quantitative estimate of drug-likeness (QED) is 0.384. The van der Waals surface area contributed by atoms with Crippen LogP contribution >= 0.6 is 0 Å². The molecule has 0 unspecified atom stereocenters. The van der Waals surface area contributed by atoms with E-state index in [1.54, 1.807) is 18.3 Å². The molecule has 3 rings (SSSR count). The fourth-order valence-corrected chi connectivity index (χ4v) is 2.48. The lowest BCUT2D eigenvalue weighted by Crippen LogP contribution is -1.98. The zero-order chi connectivity index (χ0) is 17.6. The molecule has 2 aromatic carbocycles. The molecule has 0 aliphatic rings. The largest absolute Gasteiger partial charge is 0.391 e. The summed E-state index contributed by atoms with van der Waals surface area (Å²) >= 11 is 0. The second-order valence-electron chi connectivity index (χ2n) is 5.58. The predicted molar refractivity (Wildman–Crippen MR) is 96.0 cm³/mol. The molecule has 126 valence electrons. The number of nitrogens with zero attached hydrogens (tertiary/aromatic N) is 3. The second kappa shape index (κ2) is 7.44. The Hall–Kier alpha value is -3.41. The lowest BCUT2D eigenvalue weighted by Gasteiger charge is -2.07. The van der Waals surface area contributed by atoms with Crippen LogP contribution in [0.5, 0.6) is 0 Å². The average molecular weight is 335 g/mol. The van der Waals surface area contributed by atoms with Crippen LogP contribution in [-0.2, 0) is 11.4 Å². The first-order valence-electron chi connectivity index (χ1n) is 7.76. The monoisotopic (exact) mass is 335 g/mol. The van der Waals surface area contributed by atoms with E-state index >= 15 is 0 Å². The van der Waals surface area contributed by atoms with Gasteiger partial charge in [-0.15, -0.1) is 0 Å². The van der Waals surface area contributed by atoms with Gasteiger partial charge in [0.15, 0.2) is 0 Å². The van der Waals surface area contributed by atoms with Crippen molar-refractivity contribution in [1.29, 1.82) is 0 Å². The standard InChI is InChI=1S/C19H17N3O3/c1-15-5-2-7-17(11-15)21-10-4-9-19(21)13-20-25-14-16-6-3-8-18(12-16)22(23)24/h2-13H,14H2,1H3/b20-13-. The molecule has 0 bridgehead atoms. The number of oxime groups is 1. The van der Waals surface area contributed by atoms with Crippen molar-refractivity contribution in [2.45, 2.75) is 13.5 Å². The highest BCUT2D eigenvalue weighted by Crippen LogP contribution is 2.15. The van der Waals surface area contributed by atoms with Gasteiger partial charge in [0.05, 0.1) is 16.8 Å². The van der Waals surface area contributed by atoms with E-state index in [4.69, 9.17) is 4.84 Å². The molecular formula is C19H17N3O3. The van der Waals surface area contributed by atoms with Gasteiger partial charge in [-0.1, -0.05) is 29.4 Å². The van der Waals surface area contributed by atoms with E-state index in [9.17, 15) is 10.1 Å². The molecule has 0 amide bonds. The minimum atomic E-state index is -0.429. The van der Waals surface area contributed by atoms with Gasteiger partial charge in [0.25, 0.3) is 5.69 Å². The van der Waals surface area contributed by atoms with E-state index in [2.05, 4.69) is 11.2 Å². The Morgan fingerprint density at radius 1 is 1.16 bits per heavy atom. The molecule has 0 N–H and O–H groups in total. The van der Waals surface area contributed by atoms with Crippen molar-refractivity contribution in [3.63, 3.8) is 0 Å². The van der Waals surface area contributed by atoms with Gasteiger partial charge in [0.1, 0.15) is 6.61 Å². The van der Waals surface area contributed by atoms with Crippen LogP contribution in [0.3, 0.4) is 0 Å². The molecular weight excluding hydrogens is 318 g/mol. The van der Waals surface area contributed by atoms with Crippen LogP contribution in [0.2, 0.25) is 0 Å². The van der Waals surface area contributed by atoms with Crippen molar-refractivity contribution >= 4 is 11.9 Å². The Kier molecular flexibility index (Phi) is 4.89. The fourth-order valence-electron chi connectivity index (χ4n) is 2.48. The Morgan fingerprint density at radius 2 is 2.00 bits per heavy atom. The number of rotatable bonds is 6.